The van der Waals surface area contributed by atoms with Gasteiger partial charge in [0.2, 0.25) is 0 Å². The highest BCUT2D eigenvalue weighted by molar-refractivity contribution is 5.67. The van der Waals surface area contributed by atoms with Crippen LogP contribution in [0, 0.1) is 0 Å². The van der Waals surface area contributed by atoms with E-state index in [1.165, 1.54) is 17.0 Å². The minimum atomic E-state index is 1.02. The molecule has 0 radical (unpaired) electrons. The van der Waals surface area contributed by atoms with Crippen molar-refractivity contribution in [3.05, 3.63) is 42.1 Å². The maximum atomic E-state index is 2.33. The van der Waals surface area contributed by atoms with Gasteiger partial charge in [-0.25, -0.2) is 0 Å². The Kier molecular flexibility index (Phi) is 1.01. The number of hydrogen-bond donors (Lipinski definition) is 0. The number of aromatic nitrogens is 1. The molecule has 0 spiro atoms. The van der Waals surface area contributed by atoms with Crippen LogP contribution in [0.3, 0.4) is 0 Å². The molecule has 0 aromatic rings. The first-order valence-electron chi connectivity index (χ1n) is 4.20. The highest BCUT2D eigenvalue weighted by atomic mass is 15.0. The molecular weight excluding hydrogens is 146 g/mol. The molecule has 3 aliphatic rings. The van der Waals surface area contributed by atoms with Crippen LogP contribution >= 0.6 is 0 Å². The van der Waals surface area contributed by atoms with Crippen LogP contribution in [0.5, 0.6) is 0 Å². The Bertz CT molecular complexity index is 423. The van der Waals surface area contributed by atoms with E-state index < -0.39 is 0 Å². The number of hydrogen-bond acceptors (Lipinski definition) is 0. The molecule has 0 saturated carbocycles. The van der Waals surface area contributed by atoms with Gasteiger partial charge >= 0.3 is 0 Å². The predicted octanol–water partition coefficient (Wildman–Crippen LogP) is 2.62. The zero-order valence-electron chi connectivity index (χ0n) is 6.70. The lowest BCUT2D eigenvalue weighted by Gasteiger charge is -2.10. The van der Waals surface area contributed by atoms with Crippen LogP contribution < -0.4 is 0 Å². The fourth-order valence-corrected chi connectivity index (χ4v) is 1.84. The van der Waals surface area contributed by atoms with Crippen LogP contribution in [-0.2, 0) is 6.54 Å². The largest absolute Gasteiger partial charge is 0.337 e. The average molecular weight is 155 g/mol. The lowest BCUT2D eigenvalue weighted by Crippen LogP contribution is -1.99. The number of rotatable bonds is 0. The molecule has 0 aromatic heterocycles. The lowest BCUT2D eigenvalue weighted by molar-refractivity contribution is 0.841. The monoisotopic (exact) mass is 155 g/mol. The first kappa shape index (κ1) is 6.06. The molecule has 0 bridgehead atoms. The van der Waals surface area contributed by atoms with E-state index in [1.54, 1.807) is 0 Å². The fourth-order valence-electron chi connectivity index (χ4n) is 1.84. The Labute approximate surface area is 71.3 Å². The fraction of sp³-hybridized carbons (Fsp3) is 0.0909. The van der Waals surface area contributed by atoms with E-state index in [4.69, 9.17) is 0 Å². The molecule has 3 rings (SSSR count). The molecule has 58 valence electrons. The van der Waals surface area contributed by atoms with Crippen molar-refractivity contribution < 1.29 is 0 Å². The molecule has 1 aliphatic carbocycles. The quantitative estimate of drug-likeness (QED) is 0.551. The van der Waals surface area contributed by atoms with Crippen molar-refractivity contribution in [1.82, 2.24) is 4.57 Å². The molecule has 0 atom stereocenters. The van der Waals surface area contributed by atoms with E-state index in [0.29, 0.717) is 0 Å². The van der Waals surface area contributed by atoms with Crippen molar-refractivity contribution in [1.29, 1.82) is 0 Å². The predicted molar refractivity (Wildman–Crippen MR) is 50.1 cm³/mol. The summed E-state index contributed by atoms with van der Waals surface area (Å²) < 4.78 is 2.33. The topological polar surface area (TPSA) is 4.93 Å². The molecule has 2 heterocycles. The van der Waals surface area contributed by atoms with Crippen molar-refractivity contribution in [2.24, 2.45) is 0 Å². The summed E-state index contributed by atoms with van der Waals surface area (Å²) in [6.07, 6.45) is 4.37. The van der Waals surface area contributed by atoms with Gasteiger partial charge in [-0.3, -0.25) is 0 Å². The number of pyridine rings is 1. The van der Waals surface area contributed by atoms with E-state index in [0.717, 1.165) is 6.54 Å². The SMILES string of the molecule is C1=Cc2ccc3cccc-3n2C1. The number of allylic oxidation sites excluding steroid dienone is 1. The Hall–Kier alpha value is -1.50. The van der Waals surface area contributed by atoms with Crippen molar-refractivity contribution in [3.8, 4) is 11.3 Å². The van der Waals surface area contributed by atoms with Gasteiger partial charge in [-0.05, 0) is 23.8 Å². The first-order chi connectivity index (χ1) is 5.95. The Morgan fingerprint density at radius 2 is 2.08 bits per heavy atom. The van der Waals surface area contributed by atoms with Crippen LogP contribution in [0.2, 0.25) is 0 Å². The summed E-state index contributed by atoms with van der Waals surface area (Å²) in [4.78, 5) is 0. The molecule has 0 aromatic carbocycles. The van der Waals surface area contributed by atoms with Gasteiger partial charge in [-0.15, -0.1) is 0 Å². The van der Waals surface area contributed by atoms with Gasteiger partial charge in [-0.1, -0.05) is 24.3 Å². The van der Waals surface area contributed by atoms with Crippen molar-refractivity contribution in [3.63, 3.8) is 0 Å². The molecule has 0 fully saturated rings. The van der Waals surface area contributed by atoms with Crippen molar-refractivity contribution in [2.45, 2.75) is 6.54 Å². The second-order valence-electron chi connectivity index (χ2n) is 3.14. The average Bonchev–Trinajstić information content (AvgIpc) is 2.71. The molecule has 0 unspecified atom stereocenters. The molecular formula is C11H9N. The highest BCUT2D eigenvalue weighted by Gasteiger charge is 2.10. The third-order valence-corrected chi connectivity index (χ3v) is 2.44. The van der Waals surface area contributed by atoms with Gasteiger partial charge in [0.05, 0.1) is 0 Å². The van der Waals surface area contributed by atoms with Gasteiger partial charge < -0.3 is 4.57 Å². The minimum Gasteiger partial charge on any atom is -0.337 e. The highest BCUT2D eigenvalue weighted by Crippen LogP contribution is 2.27. The zero-order valence-corrected chi connectivity index (χ0v) is 6.70. The maximum Gasteiger partial charge on any atom is 0.0487 e. The van der Waals surface area contributed by atoms with Crippen LogP contribution in [0.4, 0.5) is 0 Å². The summed E-state index contributed by atoms with van der Waals surface area (Å²) in [5.74, 6) is 0. The van der Waals surface area contributed by atoms with E-state index in [2.05, 4.69) is 47.1 Å². The van der Waals surface area contributed by atoms with Gasteiger partial charge in [0, 0.05) is 17.9 Å². The van der Waals surface area contributed by atoms with E-state index >= 15 is 0 Å². The molecule has 2 aliphatic heterocycles. The summed E-state index contributed by atoms with van der Waals surface area (Å²) in [5, 5.41) is 0. The second-order valence-corrected chi connectivity index (χ2v) is 3.14. The molecule has 0 saturated heterocycles. The van der Waals surface area contributed by atoms with E-state index in [-0.39, 0.29) is 0 Å². The third kappa shape index (κ3) is 0.632. The normalized spacial score (nSPS) is 14.0. The maximum absolute atomic E-state index is 2.33. The number of fused-ring (bicyclic) bond motifs is 3. The molecule has 0 amide bonds. The van der Waals surface area contributed by atoms with E-state index in [9.17, 15) is 0 Å². The standard InChI is InChI=1S/C11H9N/c1-3-9-6-7-10-4-2-8-12(10)11(9)5-1/h1-7H,8H2. The summed E-state index contributed by atoms with van der Waals surface area (Å²) in [5.41, 5.74) is 3.99. The number of nitrogens with zero attached hydrogens (tertiary/aromatic N) is 1. The van der Waals surface area contributed by atoms with Crippen LogP contribution in [0.25, 0.3) is 17.3 Å². The summed E-state index contributed by atoms with van der Waals surface area (Å²) in [7, 11) is 0. The molecule has 1 nitrogen and oxygen atoms in total. The van der Waals surface area contributed by atoms with Gasteiger partial charge in [-0.2, -0.15) is 0 Å². The van der Waals surface area contributed by atoms with Gasteiger partial charge in [0.25, 0.3) is 0 Å². The molecule has 12 heavy (non-hydrogen) atoms. The van der Waals surface area contributed by atoms with Crippen LogP contribution in [0.1, 0.15) is 5.69 Å². The van der Waals surface area contributed by atoms with Crippen LogP contribution in [-0.4, -0.2) is 4.57 Å². The lowest BCUT2D eigenvalue weighted by atomic mass is 10.2. The zero-order chi connectivity index (χ0) is 7.97. The first-order valence-corrected chi connectivity index (χ1v) is 4.20. The van der Waals surface area contributed by atoms with Gasteiger partial charge in [0.15, 0.2) is 0 Å². The van der Waals surface area contributed by atoms with Crippen molar-refractivity contribution >= 4 is 6.08 Å². The summed E-state index contributed by atoms with van der Waals surface area (Å²) in [6, 6.07) is 10.8. The Morgan fingerprint density at radius 1 is 1.08 bits per heavy atom. The smallest absolute Gasteiger partial charge is 0.0487 e. The van der Waals surface area contributed by atoms with E-state index in [1.807, 2.05) is 0 Å². The summed E-state index contributed by atoms with van der Waals surface area (Å²) in [6.45, 7) is 1.02. The van der Waals surface area contributed by atoms with Crippen molar-refractivity contribution in [2.75, 3.05) is 0 Å². The molecule has 1 heteroatoms. The Morgan fingerprint density at radius 3 is 3.08 bits per heavy atom. The van der Waals surface area contributed by atoms with Gasteiger partial charge in [0.1, 0.15) is 0 Å². The minimum absolute atomic E-state index is 1.02. The van der Waals surface area contributed by atoms with Crippen LogP contribution in [0.15, 0.2) is 36.4 Å². The summed E-state index contributed by atoms with van der Waals surface area (Å²) >= 11 is 0. The second kappa shape index (κ2) is 2.01. The Balaban J connectivity index is 2.41. The molecule has 0 N–H and O–H groups in total. The third-order valence-electron chi connectivity index (χ3n) is 2.44.